The van der Waals surface area contributed by atoms with E-state index in [1.807, 2.05) is 0 Å². The SMILES string of the molecule is O=S(=O)(O)CCNC1CCS(=O)(=O)C1. The third-order valence-electron chi connectivity index (χ3n) is 2.03. The molecular formula is C6H13NO5S2. The third kappa shape index (κ3) is 4.36. The predicted molar refractivity (Wildman–Crippen MR) is 51.5 cm³/mol. The van der Waals surface area contributed by atoms with Crippen LogP contribution in [0, 0.1) is 0 Å². The van der Waals surface area contributed by atoms with Crippen LogP contribution >= 0.6 is 0 Å². The summed E-state index contributed by atoms with van der Waals surface area (Å²) in [7, 11) is -6.89. The summed E-state index contributed by atoms with van der Waals surface area (Å²) in [6.07, 6.45) is 0.508. The van der Waals surface area contributed by atoms with E-state index >= 15 is 0 Å². The van der Waals surface area contributed by atoms with Crippen LogP contribution in [0.15, 0.2) is 0 Å². The highest BCUT2D eigenvalue weighted by Crippen LogP contribution is 2.10. The van der Waals surface area contributed by atoms with Crippen LogP contribution in [-0.4, -0.2) is 51.2 Å². The smallest absolute Gasteiger partial charge is 0.266 e. The number of nitrogens with one attached hydrogen (secondary N) is 1. The maximum absolute atomic E-state index is 11.0. The van der Waals surface area contributed by atoms with E-state index in [9.17, 15) is 16.8 Å². The minimum atomic E-state index is -3.96. The first-order valence-corrected chi connectivity index (χ1v) is 7.60. The van der Waals surface area contributed by atoms with Crippen molar-refractivity contribution in [3.63, 3.8) is 0 Å². The maximum atomic E-state index is 11.0. The molecule has 1 heterocycles. The fourth-order valence-electron chi connectivity index (χ4n) is 1.35. The van der Waals surface area contributed by atoms with Gasteiger partial charge in [-0.25, -0.2) is 8.42 Å². The van der Waals surface area contributed by atoms with E-state index < -0.39 is 20.0 Å². The molecule has 1 unspecified atom stereocenters. The summed E-state index contributed by atoms with van der Waals surface area (Å²) in [5.41, 5.74) is 0. The van der Waals surface area contributed by atoms with Crippen molar-refractivity contribution in [2.45, 2.75) is 12.5 Å². The molecule has 8 heteroatoms. The van der Waals surface area contributed by atoms with Crippen molar-refractivity contribution >= 4 is 20.0 Å². The summed E-state index contributed by atoms with van der Waals surface area (Å²) < 4.78 is 51.1. The molecule has 1 rings (SSSR count). The van der Waals surface area contributed by atoms with Gasteiger partial charge in [-0.05, 0) is 6.42 Å². The molecule has 0 radical (unpaired) electrons. The Labute approximate surface area is 83.4 Å². The Bertz CT molecular complexity index is 384. The van der Waals surface area contributed by atoms with Crippen molar-refractivity contribution < 1.29 is 21.4 Å². The maximum Gasteiger partial charge on any atom is 0.266 e. The molecule has 1 atom stereocenters. The van der Waals surface area contributed by atoms with E-state index in [1.165, 1.54) is 0 Å². The normalized spacial score (nSPS) is 26.5. The van der Waals surface area contributed by atoms with Gasteiger partial charge < -0.3 is 5.32 Å². The Morgan fingerprint density at radius 2 is 2.07 bits per heavy atom. The van der Waals surface area contributed by atoms with E-state index in [0.29, 0.717) is 6.42 Å². The summed E-state index contributed by atoms with van der Waals surface area (Å²) in [4.78, 5) is 0. The van der Waals surface area contributed by atoms with Gasteiger partial charge in [0.05, 0.1) is 17.3 Å². The molecule has 6 nitrogen and oxygen atoms in total. The van der Waals surface area contributed by atoms with E-state index in [0.717, 1.165) is 0 Å². The fraction of sp³-hybridized carbons (Fsp3) is 1.00. The molecule has 2 N–H and O–H groups in total. The van der Waals surface area contributed by atoms with Crippen molar-refractivity contribution in [2.24, 2.45) is 0 Å². The van der Waals surface area contributed by atoms with Crippen LogP contribution in [0.4, 0.5) is 0 Å². The fourth-order valence-corrected chi connectivity index (χ4v) is 3.43. The van der Waals surface area contributed by atoms with Crippen LogP contribution in [-0.2, 0) is 20.0 Å². The molecule has 0 amide bonds. The van der Waals surface area contributed by atoms with E-state index in [-0.39, 0.29) is 29.8 Å². The molecule has 1 aliphatic rings. The lowest BCUT2D eigenvalue weighted by Crippen LogP contribution is -2.33. The van der Waals surface area contributed by atoms with Crippen LogP contribution in [0.2, 0.25) is 0 Å². The van der Waals surface area contributed by atoms with Gasteiger partial charge in [0.1, 0.15) is 0 Å². The lowest BCUT2D eigenvalue weighted by molar-refractivity contribution is 0.477. The van der Waals surface area contributed by atoms with Gasteiger partial charge in [0.15, 0.2) is 9.84 Å². The molecule has 84 valence electrons. The molecule has 0 aromatic heterocycles. The zero-order valence-corrected chi connectivity index (χ0v) is 9.14. The minimum Gasteiger partial charge on any atom is -0.312 e. The van der Waals surface area contributed by atoms with Gasteiger partial charge in [0.25, 0.3) is 10.1 Å². The Hall–Kier alpha value is -0.180. The second kappa shape index (κ2) is 4.13. The Morgan fingerprint density at radius 3 is 2.50 bits per heavy atom. The molecule has 0 saturated carbocycles. The van der Waals surface area contributed by atoms with Crippen LogP contribution in [0.5, 0.6) is 0 Å². The largest absolute Gasteiger partial charge is 0.312 e. The first kappa shape index (κ1) is 11.9. The molecule has 0 spiro atoms. The number of rotatable bonds is 4. The summed E-state index contributed by atoms with van der Waals surface area (Å²) in [5.74, 6) is -0.182. The second-order valence-corrected chi connectivity index (χ2v) is 7.14. The molecule has 1 fully saturated rings. The van der Waals surface area contributed by atoms with Gasteiger partial charge >= 0.3 is 0 Å². The third-order valence-corrected chi connectivity index (χ3v) is 4.51. The summed E-state index contributed by atoms with van der Waals surface area (Å²) in [6.45, 7) is 0.0824. The number of hydrogen-bond acceptors (Lipinski definition) is 5. The number of sulfone groups is 1. The highest BCUT2D eigenvalue weighted by atomic mass is 32.2. The highest BCUT2D eigenvalue weighted by molar-refractivity contribution is 7.91. The molecule has 1 aliphatic heterocycles. The zero-order chi connectivity index (χ0) is 10.8. The van der Waals surface area contributed by atoms with Crippen LogP contribution in [0.25, 0.3) is 0 Å². The monoisotopic (exact) mass is 243 g/mol. The Kier molecular flexibility index (Phi) is 3.51. The van der Waals surface area contributed by atoms with Crippen LogP contribution in [0.3, 0.4) is 0 Å². The summed E-state index contributed by atoms with van der Waals surface area (Å²) >= 11 is 0. The second-order valence-electron chi connectivity index (χ2n) is 3.34. The number of hydrogen-bond donors (Lipinski definition) is 2. The average Bonchev–Trinajstić information content (AvgIpc) is 2.27. The standard InChI is InChI=1S/C6H13NO5S2/c8-13(9)3-1-6(5-13)7-2-4-14(10,11)12/h6-7H,1-5H2,(H,10,11,12). The quantitative estimate of drug-likeness (QED) is 0.592. The molecule has 0 aliphatic carbocycles. The van der Waals surface area contributed by atoms with Crippen LogP contribution in [0.1, 0.15) is 6.42 Å². The first-order chi connectivity index (χ1) is 6.29. The van der Waals surface area contributed by atoms with E-state index in [2.05, 4.69) is 5.32 Å². The Balaban J connectivity index is 2.28. The van der Waals surface area contributed by atoms with Gasteiger partial charge in [-0.1, -0.05) is 0 Å². The van der Waals surface area contributed by atoms with Crippen molar-refractivity contribution in [1.82, 2.24) is 5.32 Å². The predicted octanol–water partition coefficient (Wildman–Crippen LogP) is -1.35. The lowest BCUT2D eigenvalue weighted by Gasteiger charge is -2.08. The van der Waals surface area contributed by atoms with Crippen molar-refractivity contribution in [1.29, 1.82) is 0 Å². The molecule has 14 heavy (non-hydrogen) atoms. The molecule has 0 bridgehead atoms. The van der Waals surface area contributed by atoms with Crippen molar-refractivity contribution in [2.75, 3.05) is 23.8 Å². The molecule has 0 aromatic rings. The van der Waals surface area contributed by atoms with Crippen molar-refractivity contribution in [3.05, 3.63) is 0 Å². The average molecular weight is 243 g/mol. The van der Waals surface area contributed by atoms with Gasteiger partial charge in [0.2, 0.25) is 0 Å². The first-order valence-electron chi connectivity index (χ1n) is 4.17. The van der Waals surface area contributed by atoms with Gasteiger partial charge in [-0.3, -0.25) is 4.55 Å². The van der Waals surface area contributed by atoms with Gasteiger partial charge in [-0.2, -0.15) is 8.42 Å². The molecule has 1 saturated heterocycles. The van der Waals surface area contributed by atoms with E-state index in [1.54, 1.807) is 0 Å². The summed E-state index contributed by atoms with van der Waals surface area (Å²) in [6, 6.07) is -0.179. The summed E-state index contributed by atoms with van der Waals surface area (Å²) in [5, 5.41) is 2.78. The molecular weight excluding hydrogens is 230 g/mol. The highest BCUT2D eigenvalue weighted by Gasteiger charge is 2.27. The van der Waals surface area contributed by atoms with Gasteiger partial charge in [-0.15, -0.1) is 0 Å². The molecule has 0 aromatic carbocycles. The Morgan fingerprint density at radius 1 is 1.43 bits per heavy atom. The zero-order valence-electron chi connectivity index (χ0n) is 7.51. The van der Waals surface area contributed by atoms with Crippen molar-refractivity contribution in [3.8, 4) is 0 Å². The van der Waals surface area contributed by atoms with Gasteiger partial charge in [0, 0.05) is 12.6 Å². The van der Waals surface area contributed by atoms with Crippen LogP contribution < -0.4 is 5.32 Å². The lowest BCUT2D eigenvalue weighted by atomic mass is 10.3. The van der Waals surface area contributed by atoms with E-state index in [4.69, 9.17) is 4.55 Å². The minimum absolute atomic E-state index is 0.0540. The topological polar surface area (TPSA) is 101 Å².